The van der Waals surface area contributed by atoms with E-state index in [0.29, 0.717) is 18.4 Å². The number of rotatable bonds is 5. The Labute approximate surface area is 121 Å². The Hall–Kier alpha value is -1.76. The van der Waals surface area contributed by atoms with Gasteiger partial charge in [0.1, 0.15) is 0 Å². The van der Waals surface area contributed by atoms with Gasteiger partial charge in [0.05, 0.1) is 30.6 Å². The lowest BCUT2D eigenvalue weighted by atomic mass is 10.2. The van der Waals surface area contributed by atoms with Gasteiger partial charge in [0.15, 0.2) is 0 Å². The molecule has 0 aromatic carbocycles. The summed E-state index contributed by atoms with van der Waals surface area (Å²) in [5.74, 6) is 0.201. The van der Waals surface area contributed by atoms with Crippen molar-refractivity contribution >= 4 is 17.3 Å². The average molecular weight is 296 g/mol. The van der Waals surface area contributed by atoms with Crippen molar-refractivity contribution in [2.24, 2.45) is 0 Å². The van der Waals surface area contributed by atoms with Gasteiger partial charge >= 0.3 is 0 Å². The van der Waals surface area contributed by atoms with Crippen molar-refractivity contribution < 1.29 is 9.13 Å². The molecular formula is C13H17FN4OS. The minimum atomic E-state index is -0.569. The van der Waals surface area contributed by atoms with Crippen LogP contribution in [-0.2, 0) is 6.54 Å². The summed E-state index contributed by atoms with van der Waals surface area (Å²) in [6, 6.07) is 0. The smallest absolute Gasteiger partial charge is 0.255 e. The molecule has 0 radical (unpaired) electrons. The van der Waals surface area contributed by atoms with E-state index in [-0.39, 0.29) is 5.88 Å². The van der Waals surface area contributed by atoms with Crippen LogP contribution in [-0.4, -0.2) is 29.1 Å². The SMILES string of the molecule is COc1nc(N(C)Cc2csc(C(C)C)n2)ncc1F. The highest BCUT2D eigenvalue weighted by molar-refractivity contribution is 7.09. The normalized spacial score (nSPS) is 10.9. The first-order chi connectivity index (χ1) is 9.51. The predicted molar refractivity (Wildman–Crippen MR) is 76.9 cm³/mol. The third-order valence-corrected chi connectivity index (χ3v) is 3.89. The van der Waals surface area contributed by atoms with E-state index in [1.165, 1.54) is 7.11 Å². The number of ether oxygens (including phenoxy) is 1. The molecule has 2 rings (SSSR count). The summed E-state index contributed by atoms with van der Waals surface area (Å²) in [6.45, 7) is 4.79. The molecule has 0 fully saturated rings. The Morgan fingerprint density at radius 2 is 2.15 bits per heavy atom. The second kappa shape index (κ2) is 6.13. The van der Waals surface area contributed by atoms with Crippen LogP contribution in [0.15, 0.2) is 11.6 Å². The van der Waals surface area contributed by atoms with Crippen molar-refractivity contribution in [1.29, 1.82) is 0 Å². The topological polar surface area (TPSA) is 51.1 Å². The number of nitrogens with zero attached hydrogens (tertiary/aromatic N) is 4. The first-order valence-corrected chi connectivity index (χ1v) is 7.11. The van der Waals surface area contributed by atoms with Gasteiger partial charge in [-0.25, -0.2) is 9.97 Å². The molecule has 0 atom stereocenters. The molecule has 0 amide bonds. The number of anilines is 1. The van der Waals surface area contributed by atoms with Crippen LogP contribution in [0.4, 0.5) is 10.3 Å². The fraction of sp³-hybridized carbons (Fsp3) is 0.462. The molecule has 7 heteroatoms. The van der Waals surface area contributed by atoms with Crippen LogP contribution in [0, 0.1) is 5.82 Å². The molecule has 5 nitrogen and oxygen atoms in total. The lowest BCUT2D eigenvalue weighted by Gasteiger charge is -2.16. The van der Waals surface area contributed by atoms with E-state index in [1.807, 2.05) is 12.4 Å². The van der Waals surface area contributed by atoms with E-state index >= 15 is 0 Å². The lowest BCUT2D eigenvalue weighted by Crippen LogP contribution is -2.19. The van der Waals surface area contributed by atoms with Gasteiger partial charge < -0.3 is 9.64 Å². The fourth-order valence-electron chi connectivity index (χ4n) is 1.64. The minimum Gasteiger partial charge on any atom is -0.479 e. The van der Waals surface area contributed by atoms with Crippen molar-refractivity contribution in [3.8, 4) is 5.88 Å². The zero-order valence-electron chi connectivity index (χ0n) is 11.9. The highest BCUT2D eigenvalue weighted by Crippen LogP contribution is 2.21. The Morgan fingerprint density at radius 3 is 2.75 bits per heavy atom. The Morgan fingerprint density at radius 1 is 1.40 bits per heavy atom. The summed E-state index contributed by atoms with van der Waals surface area (Å²) in [5, 5.41) is 3.12. The molecule has 0 aliphatic rings. The molecule has 0 saturated carbocycles. The van der Waals surface area contributed by atoms with Gasteiger partial charge in [0.2, 0.25) is 11.8 Å². The zero-order valence-corrected chi connectivity index (χ0v) is 12.7. The summed E-state index contributed by atoms with van der Waals surface area (Å²) in [7, 11) is 3.21. The van der Waals surface area contributed by atoms with Crippen molar-refractivity contribution in [1.82, 2.24) is 15.0 Å². The van der Waals surface area contributed by atoms with Crippen LogP contribution in [0.3, 0.4) is 0 Å². The minimum absolute atomic E-state index is 0.0528. The van der Waals surface area contributed by atoms with Gasteiger partial charge in [-0.1, -0.05) is 13.8 Å². The molecule has 0 saturated heterocycles. The largest absolute Gasteiger partial charge is 0.479 e. The Bertz CT molecular complexity index is 588. The third kappa shape index (κ3) is 3.22. The number of aromatic nitrogens is 3. The number of halogens is 1. The van der Waals surface area contributed by atoms with Crippen LogP contribution in [0.5, 0.6) is 5.88 Å². The Kier molecular flexibility index (Phi) is 4.49. The van der Waals surface area contributed by atoms with Gasteiger partial charge in [-0.2, -0.15) is 9.37 Å². The van der Waals surface area contributed by atoms with E-state index in [0.717, 1.165) is 16.9 Å². The first kappa shape index (κ1) is 14.6. The number of hydrogen-bond donors (Lipinski definition) is 0. The molecule has 0 bridgehead atoms. The molecule has 108 valence electrons. The maximum absolute atomic E-state index is 13.3. The predicted octanol–water partition coefficient (Wildman–Crippen LogP) is 2.84. The first-order valence-electron chi connectivity index (χ1n) is 6.23. The van der Waals surface area contributed by atoms with E-state index in [9.17, 15) is 4.39 Å². The van der Waals surface area contributed by atoms with Gasteiger partial charge in [0.25, 0.3) is 5.88 Å². The van der Waals surface area contributed by atoms with Crippen molar-refractivity contribution in [3.05, 3.63) is 28.1 Å². The standard InChI is InChI=1S/C13H17FN4OS/c1-8(2)12-16-9(7-20-12)6-18(3)13-15-5-10(14)11(17-13)19-4/h5,7-8H,6H2,1-4H3. The molecule has 2 aromatic rings. The van der Waals surface area contributed by atoms with Crippen molar-refractivity contribution in [2.75, 3.05) is 19.1 Å². The average Bonchev–Trinajstić information content (AvgIpc) is 2.88. The van der Waals surface area contributed by atoms with E-state index in [4.69, 9.17) is 4.74 Å². The highest BCUT2D eigenvalue weighted by atomic mass is 32.1. The molecule has 0 spiro atoms. The summed E-state index contributed by atoms with van der Waals surface area (Å²) in [4.78, 5) is 14.3. The van der Waals surface area contributed by atoms with Crippen LogP contribution in [0.25, 0.3) is 0 Å². The number of methoxy groups -OCH3 is 1. The van der Waals surface area contributed by atoms with Gasteiger partial charge in [-0.15, -0.1) is 11.3 Å². The lowest BCUT2D eigenvalue weighted by molar-refractivity contribution is 0.367. The molecule has 0 aliphatic heterocycles. The molecule has 20 heavy (non-hydrogen) atoms. The zero-order chi connectivity index (χ0) is 14.7. The second-order valence-corrected chi connectivity index (χ2v) is 5.60. The summed E-state index contributed by atoms with van der Waals surface area (Å²) in [5.41, 5.74) is 0.952. The van der Waals surface area contributed by atoms with Crippen molar-refractivity contribution in [3.63, 3.8) is 0 Å². The molecule has 0 aliphatic carbocycles. The van der Waals surface area contributed by atoms with E-state index < -0.39 is 5.82 Å². The van der Waals surface area contributed by atoms with E-state index in [2.05, 4.69) is 28.8 Å². The summed E-state index contributed by atoms with van der Waals surface area (Å²) < 4.78 is 18.1. The maximum atomic E-state index is 13.3. The molecule has 2 aromatic heterocycles. The van der Waals surface area contributed by atoms with Crippen molar-refractivity contribution in [2.45, 2.75) is 26.3 Å². The van der Waals surface area contributed by atoms with Gasteiger partial charge in [-0.05, 0) is 0 Å². The number of thiazole rings is 1. The fourth-order valence-corrected chi connectivity index (χ4v) is 2.47. The maximum Gasteiger partial charge on any atom is 0.255 e. The molecular weight excluding hydrogens is 279 g/mol. The van der Waals surface area contributed by atoms with Crippen LogP contribution in [0.2, 0.25) is 0 Å². The van der Waals surface area contributed by atoms with E-state index in [1.54, 1.807) is 16.2 Å². The van der Waals surface area contributed by atoms with Gasteiger partial charge in [0, 0.05) is 18.3 Å². The third-order valence-electron chi connectivity index (χ3n) is 2.70. The highest BCUT2D eigenvalue weighted by Gasteiger charge is 2.13. The molecule has 0 unspecified atom stereocenters. The monoisotopic (exact) mass is 296 g/mol. The molecule has 0 N–H and O–H groups in total. The quantitative estimate of drug-likeness (QED) is 0.849. The van der Waals surface area contributed by atoms with Crippen LogP contribution in [0.1, 0.15) is 30.5 Å². The van der Waals surface area contributed by atoms with Gasteiger partial charge in [-0.3, -0.25) is 0 Å². The summed E-state index contributed by atoms with van der Waals surface area (Å²) in [6.07, 6.45) is 1.11. The Balaban J connectivity index is 2.12. The second-order valence-electron chi connectivity index (χ2n) is 4.72. The van der Waals surface area contributed by atoms with Crippen LogP contribution >= 0.6 is 11.3 Å². The number of hydrogen-bond acceptors (Lipinski definition) is 6. The van der Waals surface area contributed by atoms with Crippen LogP contribution < -0.4 is 9.64 Å². The summed E-state index contributed by atoms with van der Waals surface area (Å²) >= 11 is 1.64. The molecule has 2 heterocycles.